The van der Waals surface area contributed by atoms with Crippen molar-refractivity contribution in [1.82, 2.24) is 19.9 Å². The van der Waals surface area contributed by atoms with E-state index in [9.17, 15) is 0 Å². The summed E-state index contributed by atoms with van der Waals surface area (Å²) >= 11 is 0. The first-order valence-electron chi connectivity index (χ1n) is 9.65. The fourth-order valence-corrected chi connectivity index (χ4v) is 4.49. The first kappa shape index (κ1) is 17.9. The molecule has 0 bridgehead atoms. The van der Waals surface area contributed by atoms with Gasteiger partial charge in [0.1, 0.15) is 0 Å². The molecule has 24 heavy (non-hydrogen) atoms. The quantitative estimate of drug-likeness (QED) is 0.793. The molecular formula is C19H34N4O. The Labute approximate surface area is 146 Å². The van der Waals surface area contributed by atoms with E-state index in [1.165, 1.54) is 25.0 Å². The molecule has 0 amide bonds. The fourth-order valence-electron chi connectivity index (χ4n) is 4.49. The van der Waals surface area contributed by atoms with Crippen LogP contribution in [0.4, 0.5) is 0 Å². The summed E-state index contributed by atoms with van der Waals surface area (Å²) in [5.41, 5.74) is 1.73. The standard InChI is InChI=1S/C19H34N4O/c1-5-6-11-22(4)13-17-12-20-21-23(17)16-7-9-19(10-8-16)14-18(2,3)15-24-19/h12,16H,5-11,13-15H2,1-4H3. The van der Waals surface area contributed by atoms with Gasteiger partial charge in [0.2, 0.25) is 0 Å². The highest BCUT2D eigenvalue weighted by molar-refractivity contribution is 5.01. The largest absolute Gasteiger partial charge is 0.374 e. The van der Waals surface area contributed by atoms with E-state index in [0.29, 0.717) is 11.5 Å². The Morgan fingerprint density at radius 3 is 2.71 bits per heavy atom. The van der Waals surface area contributed by atoms with Crippen molar-refractivity contribution in [2.45, 2.75) is 83.9 Å². The Balaban J connectivity index is 1.58. The molecule has 1 aliphatic heterocycles. The van der Waals surface area contributed by atoms with Gasteiger partial charge in [-0.25, -0.2) is 4.68 Å². The third-order valence-electron chi connectivity index (χ3n) is 5.76. The number of rotatable bonds is 6. The molecule has 5 heteroatoms. The van der Waals surface area contributed by atoms with Crippen LogP contribution in [0.1, 0.15) is 77.5 Å². The summed E-state index contributed by atoms with van der Waals surface area (Å²) in [5, 5.41) is 8.61. The smallest absolute Gasteiger partial charge is 0.0738 e. The van der Waals surface area contributed by atoms with Gasteiger partial charge in [0.15, 0.2) is 0 Å². The van der Waals surface area contributed by atoms with Crippen molar-refractivity contribution in [3.8, 4) is 0 Å². The number of nitrogens with zero attached hydrogens (tertiary/aromatic N) is 4. The van der Waals surface area contributed by atoms with Crippen molar-refractivity contribution < 1.29 is 4.74 Å². The monoisotopic (exact) mass is 334 g/mol. The molecule has 1 aromatic rings. The normalized spacial score (nSPS) is 29.6. The van der Waals surface area contributed by atoms with Crippen LogP contribution >= 0.6 is 0 Å². The molecule has 1 saturated carbocycles. The van der Waals surface area contributed by atoms with Crippen LogP contribution in [-0.4, -0.2) is 45.7 Å². The van der Waals surface area contributed by atoms with Crippen LogP contribution in [0.15, 0.2) is 6.20 Å². The molecule has 0 atom stereocenters. The van der Waals surface area contributed by atoms with E-state index in [1.807, 2.05) is 6.20 Å². The minimum absolute atomic E-state index is 0.138. The Kier molecular flexibility index (Phi) is 5.30. The SMILES string of the molecule is CCCCN(C)Cc1cnnn1C1CCC2(CC1)CC(C)(C)CO2. The van der Waals surface area contributed by atoms with Crippen molar-refractivity contribution in [2.75, 3.05) is 20.2 Å². The highest BCUT2D eigenvalue weighted by atomic mass is 16.5. The third kappa shape index (κ3) is 3.99. The minimum Gasteiger partial charge on any atom is -0.374 e. The summed E-state index contributed by atoms with van der Waals surface area (Å²) in [7, 11) is 2.19. The number of unbranched alkanes of at least 4 members (excludes halogenated alkanes) is 1. The lowest BCUT2D eigenvalue weighted by Gasteiger charge is -2.37. The number of aromatic nitrogens is 3. The van der Waals surface area contributed by atoms with Gasteiger partial charge in [0, 0.05) is 6.54 Å². The van der Waals surface area contributed by atoms with Crippen molar-refractivity contribution in [1.29, 1.82) is 0 Å². The van der Waals surface area contributed by atoms with Crippen LogP contribution in [0.5, 0.6) is 0 Å². The molecule has 1 saturated heterocycles. The van der Waals surface area contributed by atoms with Gasteiger partial charge in [0.05, 0.1) is 30.1 Å². The Hall–Kier alpha value is -0.940. The van der Waals surface area contributed by atoms with Gasteiger partial charge in [-0.1, -0.05) is 32.4 Å². The van der Waals surface area contributed by atoms with E-state index in [0.717, 1.165) is 45.4 Å². The van der Waals surface area contributed by atoms with Gasteiger partial charge in [-0.2, -0.15) is 0 Å². The van der Waals surface area contributed by atoms with Crippen LogP contribution in [-0.2, 0) is 11.3 Å². The molecular weight excluding hydrogens is 300 g/mol. The maximum Gasteiger partial charge on any atom is 0.0738 e. The van der Waals surface area contributed by atoms with Crippen LogP contribution in [0.2, 0.25) is 0 Å². The molecule has 136 valence electrons. The number of hydrogen-bond donors (Lipinski definition) is 0. The van der Waals surface area contributed by atoms with Gasteiger partial charge >= 0.3 is 0 Å². The first-order valence-corrected chi connectivity index (χ1v) is 9.65. The lowest BCUT2D eigenvalue weighted by atomic mass is 9.75. The minimum atomic E-state index is 0.138. The summed E-state index contributed by atoms with van der Waals surface area (Å²) < 4.78 is 8.44. The van der Waals surface area contributed by atoms with E-state index in [2.05, 4.69) is 47.7 Å². The molecule has 2 aliphatic rings. The predicted molar refractivity (Wildman–Crippen MR) is 95.9 cm³/mol. The second-order valence-electron chi connectivity index (χ2n) is 8.81. The predicted octanol–water partition coefficient (Wildman–Crippen LogP) is 3.81. The maximum absolute atomic E-state index is 6.25. The van der Waals surface area contributed by atoms with Gasteiger partial charge < -0.3 is 9.64 Å². The number of ether oxygens (including phenoxy) is 1. The third-order valence-corrected chi connectivity index (χ3v) is 5.76. The van der Waals surface area contributed by atoms with Crippen LogP contribution in [0.25, 0.3) is 0 Å². The maximum atomic E-state index is 6.25. The zero-order valence-corrected chi connectivity index (χ0v) is 15.9. The van der Waals surface area contributed by atoms with Crippen molar-refractivity contribution in [2.24, 2.45) is 5.41 Å². The molecule has 0 aromatic carbocycles. The zero-order valence-electron chi connectivity index (χ0n) is 15.9. The molecule has 0 N–H and O–H groups in total. The van der Waals surface area contributed by atoms with E-state index < -0.39 is 0 Å². The summed E-state index contributed by atoms with van der Waals surface area (Å²) in [5.74, 6) is 0. The Bertz CT molecular complexity index is 531. The Morgan fingerprint density at radius 2 is 2.08 bits per heavy atom. The van der Waals surface area contributed by atoms with Crippen molar-refractivity contribution >= 4 is 0 Å². The molecule has 1 aromatic heterocycles. The molecule has 3 rings (SSSR count). The average molecular weight is 335 g/mol. The summed E-state index contributed by atoms with van der Waals surface area (Å²) in [6, 6.07) is 0.486. The van der Waals surface area contributed by atoms with Gasteiger partial charge in [-0.3, -0.25) is 0 Å². The molecule has 0 radical (unpaired) electrons. The van der Waals surface area contributed by atoms with Crippen molar-refractivity contribution in [3.63, 3.8) is 0 Å². The van der Waals surface area contributed by atoms with E-state index in [4.69, 9.17) is 4.74 Å². The average Bonchev–Trinajstić information content (AvgIpc) is 3.11. The molecule has 1 aliphatic carbocycles. The van der Waals surface area contributed by atoms with Gasteiger partial charge in [-0.05, 0) is 57.5 Å². The van der Waals surface area contributed by atoms with Crippen LogP contribution in [0, 0.1) is 5.41 Å². The van der Waals surface area contributed by atoms with Gasteiger partial charge in [-0.15, -0.1) is 5.10 Å². The van der Waals surface area contributed by atoms with E-state index in [1.54, 1.807) is 0 Å². The molecule has 2 fully saturated rings. The molecule has 5 nitrogen and oxygen atoms in total. The lowest BCUT2D eigenvalue weighted by molar-refractivity contribution is -0.0355. The fraction of sp³-hybridized carbons (Fsp3) is 0.895. The lowest BCUT2D eigenvalue weighted by Crippen LogP contribution is -2.35. The van der Waals surface area contributed by atoms with Crippen LogP contribution in [0.3, 0.4) is 0 Å². The molecule has 0 unspecified atom stereocenters. The topological polar surface area (TPSA) is 43.2 Å². The molecule has 2 heterocycles. The van der Waals surface area contributed by atoms with Gasteiger partial charge in [0.25, 0.3) is 0 Å². The second-order valence-corrected chi connectivity index (χ2v) is 8.81. The number of hydrogen-bond acceptors (Lipinski definition) is 4. The molecule has 1 spiro atoms. The summed E-state index contributed by atoms with van der Waals surface area (Å²) in [4.78, 5) is 2.38. The summed E-state index contributed by atoms with van der Waals surface area (Å²) in [6.07, 6.45) is 10.3. The second kappa shape index (κ2) is 7.12. The Morgan fingerprint density at radius 1 is 1.33 bits per heavy atom. The highest BCUT2D eigenvalue weighted by Gasteiger charge is 2.46. The van der Waals surface area contributed by atoms with E-state index >= 15 is 0 Å². The van der Waals surface area contributed by atoms with Crippen molar-refractivity contribution in [3.05, 3.63) is 11.9 Å². The highest BCUT2D eigenvalue weighted by Crippen LogP contribution is 2.48. The summed E-state index contributed by atoms with van der Waals surface area (Å²) in [6.45, 7) is 9.89. The van der Waals surface area contributed by atoms with Crippen LogP contribution < -0.4 is 0 Å². The first-order chi connectivity index (χ1) is 11.4. The van der Waals surface area contributed by atoms with E-state index in [-0.39, 0.29) is 5.60 Å². The zero-order chi connectivity index (χ0) is 17.2.